The minimum atomic E-state index is -0.587. The highest BCUT2D eigenvalue weighted by molar-refractivity contribution is 7.17. The molecule has 1 atom stereocenters. The second-order valence-corrected chi connectivity index (χ2v) is 10.7. The van der Waals surface area contributed by atoms with E-state index in [1.165, 1.54) is 22.5 Å². The van der Waals surface area contributed by atoms with Crippen molar-refractivity contribution in [2.75, 3.05) is 26.3 Å². The van der Waals surface area contributed by atoms with Crippen LogP contribution in [0, 0.1) is 25.7 Å². The number of aliphatic hydroxyl groups is 1. The fourth-order valence-corrected chi connectivity index (χ4v) is 4.88. The number of rotatable bonds is 11. The molecule has 0 aliphatic heterocycles. The van der Waals surface area contributed by atoms with Gasteiger partial charge in [0.25, 0.3) is 5.56 Å². The number of aliphatic hydroxyl groups excluding tert-OH is 1. The van der Waals surface area contributed by atoms with E-state index in [0.29, 0.717) is 49.3 Å². The summed E-state index contributed by atoms with van der Waals surface area (Å²) in [5.74, 6) is 1.48. The zero-order valence-corrected chi connectivity index (χ0v) is 21.5. The van der Waals surface area contributed by atoms with Gasteiger partial charge in [0.15, 0.2) is 0 Å². The van der Waals surface area contributed by atoms with Gasteiger partial charge in [0.1, 0.15) is 10.7 Å². The fraction of sp³-hybridized carbons (Fsp3) is 0.538. The summed E-state index contributed by atoms with van der Waals surface area (Å²) in [5, 5.41) is 13.1. The predicted octanol–water partition coefficient (Wildman–Crippen LogP) is 4.76. The lowest BCUT2D eigenvalue weighted by Crippen LogP contribution is -2.37. The summed E-state index contributed by atoms with van der Waals surface area (Å²) >= 11 is 1.50. The first-order valence-electron chi connectivity index (χ1n) is 11.7. The first-order valence-corrected chi connectivity index (χ1v) is 12.6. The quantitative estimate of drug-likeness (QED) is 0.422. The average Bonchev–Trinajstić information content (AvgIpc) is 3.13. The molecule has 0 amide bonds. The van der Waals surface area contributed by atoms with Crippen LogP contribution in [0.5, 0.6) is 0 Å². The molecule has 3 aromatic rings. The normalized spacial score (nSPS) is 13.0. The van der Waals surface area contributed by atoms with E-state index in [0.717, 1.165) is 22.5 Å². The number of thiophene rings is 1. The van der Waals surface area contributed by atoms with Crippen LogP contribution in [0.2, 0.25) is 0 Å². The number of hydrogen-bond acceptors (Lipinski definition) is 6. The molecule has 0 fully saturated rings. The molecule has 0 spiro atoms. The van der Waals surface area contributed by atoms with Crippen LogP contribution in [0.4, 0.5) is 0 Å². The van der Waals surface area contributed by atoms with E-state index in [1.54, 1.807) is 0 Å². The molecule has 7 heteroatoms. The maximum atomic E-state index is 13.1. The van der Waals surface area contributed by atoms with Crippen molar-refractivity contribution in [2.24, 2.45) is 11.8 Å². The number of benzene rings is 1. The number of aromatic amines is 1. The van der Waals surface area contributed by atoms with Gasteiger partial charge in [-0.3, -0.25) is 9.69 Å². The lowest BCUT2D eigenvalue weighted by molar-refractivity contribution is 0.00485. The van der Waals surface area contributed by atoms with Gasteiger partial charge in [0.05, 0.1) is 24.6 Å². The van der Waals surface area contributed by atoms with Gasteiger partial charge in [-0.2, -0.15) is 0 Å². The van der Waals surface area contributed by atoms with E-state index in [2.05, 4.69) is 69.6 Å². The van der Waals surface area contributed by atoms with Crippen molar-refractivity contribution >= 4 is 21.6 Å². The lowest BCUT2D eigenvalue weighted by atomic mass is 10.0. The van der Waals surface area contributed by atoms with Crippen LogP contribution in [-0.4, -0.2) is 52.4 Å². The Kier molecular flexibility index (Phi) is 8.82. The van der Waals surface area contributed by atoms with Gasteiger partial charge >= 0.3 is 0 Å². The van der Waals surface area contributed by atoms with Crippen LogP contribution in [0.15, 0.2) is 28.4 Å². The molecule has 1 aromatic carbocycles. The van der Waals surface area contributed by atoms with Crippen LogP contribution >= 0.6 is 11.3 Å². The van der Waals surface area contributed by atoms with Gasteiger partial charge in [0, 0.05) is 30.6 Å². The molecule has 33 heavy (non-hydrogen) atoms. The van der Waals surface area contributed by atoms with E-state index in [1.807, 2.05) is 5.38 Å². The molecule has 0 aliphatic carbocycles. The van der Waals surface area contributed by atoms with Crippen molar-refractivity contribution in [2.45, 2.75) is 54.2 Å². The summed E-state index contributed by atoms with van der Waals surface area (Å²) in [6, 6.07) is 6.27. The van der Waals surface area contributed by atoms with E-state index in [-0.39, 0.29) is 5.56 Å². The fourth-order valence-electron chi connectivity index (χ4n) is 3.91. The number of nitrogens with zero attached hydrogens (tertiary/aromatic N) is 2. The third-order valence-electron chi connectivity index (χ3n) is 5.54. The molecule has 2 aromatic heterocycles. The van der Waals surface area contributed by atoms with E-state index >= 15 is 0 Å². The van der Waals surface area contributed by atoms with E-state index in [4.69, 9.17) is 9.72 Å². The molecule has 1 unspecified atom stereocenters. The Balaban J connectivity index is 1.80. The number of ether oxygens (including phenoxy) is 1. The Morgan fingerprint density at radius 2 is 1.85 bits per heavy atom. The Labute approximate surface area is 200 Å². The maximum Gasteiger partial charge on any atom is 0.260 e. The second kappa shape index (κ2) is 11.4. The van der Waals surface area contributed by atoms with Crippen LogP contribution < -0.4 is 5.56 Å². The Hall–Kier alpha value is -2.06. The van der Waals surface area contributed by atoms with Crippen molar-refractivity contribution < 1.29 is 9.84 Å². The molecule has 180 valence electrons. The van der Waals surface area contributed by atoms with Crippen molar-refractivity contribution in [3.63, 3.8) is 0 Å². The van der Waals surface area contributed by atoms with Gasteiger partial charge in [-0.1, -0.05) is 45.9 Å². The summed E-state index contributed by atoms with van der Waals surface area (Å²) in [4.78, 5) is 23.7. The molecular formula is C26H37N3O3S. The highest BCUT2D eigenvalue weighted by atomic mass is 32.1. The summed E-state index contributed by atoms with van der Waals surface area (Å²) in [5.41, 5.74) is 4.28. The van der Waals surface area contributed by atoms with Crippen LogP contribution in [0.25, 0.3) is 21.3 Å². The molecule has 3 rings (SSSR count). The smallest absolute Gasteiger partial charge is 0.260 e. The minimum Gasteiger partial charge on any atom is -0.389 e. The van der Waals surface area contributed by atoms with Gasteiger partial charge < -0.3 is 14.8 Å². The molecule has 6 nitrogen and oxygen atoms in total. The largest absolute Gasteiger partial charge is 0.389 e. The monoisotopic (exact) mass is 471 g/mol. The molecule has 0 bridgehead atoms. The molecule has 2 heterocycles. The summed E-state index contributed by atoms with van der Waals surface area (Å²) in [6.45, 7) is 15.3. The van der Waals surface area contributed by atoms with Gasteiger partial charge in [-0.25, -0.2) is 4.98 Å². The van der Waals surface area contributed by atoms with Crippen LogP contribution in [-0.2, 0) is 11.3 Å². The molecule has 0 saturated carbocycles. The van der Waals surface area contributed by atoms with E-state index in [9.17, 15) is 9.90 Å². The molecule has 0 aliphatic rings. The Morgan fingerprint density at radius 1 is 1.09 bits per heavy atom. The SMILES string of the molecule is Cc1ccc(-c2csc3nc(CN(CC(C)C)CC(O)COCC(C)C)[nH]c(=O)c23)cc1C. The topological polar surface area (TPSA) is 78.5 Å². The Morgan fingerprint density at radius 3 is 2.52 bits per heavy atom. The highest BCUT2D eigenvalue weighted by Crippen LogP contribution is 2.31. The molecule has 0 saturated heterocycles. The van der Waals surface area contributed by atoms with Crippen molar-refractivity contribution in [3.8, 4) is 11.1 Å². The van der Waals surface area contributed by atoms with E-state index < -0.39 is 6.10 Å². The summed E-state index contributed by atoms with van der Waals surface area (Å²) < 4.78 is 5.60. The highest BCUT2D eigenvalue weighted by Gasteiger charge is 2.18. The first kappa shape index (κ1) is 25.6. The summed E-state index contributed by atoms with van der Waals surface area (Å²) in [7, 11) is 0. The lowest BCUT2D eigenvalue weighted by Gasteiger charge is -2.26. The zero-order valence-electron chi connectivity index (χ0n) is 20.6. The number of aryl methyl sites for hydroxylation is 2. The van der Waals surface area contributed by atoms with Gasteiger partial charge in [-0.05, 0) is 42.4 Å². The van der Waals surface area contributed by atoms with Gasteiger partial charge in [-0.15, -0.1) is 11.3 Å². The molecule has 2 N–H and O–H groups in total. The maximum absolute atomic E-state index is 13.1. The summed E-state index contributed by atoms with van der Waals surface area (Å²) in [6.07, 6.45) is -0.587. The van der Waals surface area contributed by atoms with Crippen molar-refractivity contribution in [1.82, 2.24) is 14.9 Å². The zero-order chi connectivity index (χ0) is 24.1. The number of hydrogen-bond donors (Lipinski definition) is 2. The number of aromatic nitrogens is 2. The minimum absolute atomic E-state index is 0.116. The molecular weight excluding hydrogens is 434 g/mol. The predicted molar refractivity (Wildman–Crippen MR) is 137 cm³/mol. The Bertz CT molecular complexity index is 1120. The van der Waals surface area contributed by atoms with Crippen molar-refractivity contribution in [3.05, 3.63) is 50.9 Å². The number of H-pyrrole nitrogens is 1. The molecule has 0 radical (unpaired) electrons. The standard InChI is InChI=1S/C26H37N3O3S/c1-16(2)10-29(11-21(30)14-32-13-17(3)4)12-23-27-25(31)24-22(15-33-26(24)28-23)20-8-7-18(5)19(6)9-20/h7-9,15-17,21,30H,10-14H2,1-6H3,(H,27,28,31). The number of nitrogens with one attached hydrogen (secondary N) is 1. The van der Waals surface area contributed by atoms with Gasteiger partial charge in [0.2, 0.25) is 0 Å². The third kappa shape index (κ3) is 6.96. The van der Waals surface area contributed by atoms with Crippen LogP contribution in [0.3, 0.4) is 0 Å². The number of fused-ring (bicyclic) bond motifs is 1. The van der Waals surface area contributed by atoms with Crippen molar-refractivity contribution in [1.29, 1.82) is 0 Å². The first-order chi connectivity index (χ1) is 15.6. The van der Waals surface area contributed by atoms with Crippen LogP contribution in [0.1, 0.15) is 44.6 Å². The third-order valence-corrected chi connectivity index (χ3v) is 6.41. The second-order valence-electron chi connectivity index (χ2n) is 9.81. The average molecular weight is 472 g/mol.